The molecule has 0 unspecified atom stereocenters. The number of nitrogens with zero attached hydrogens (tertiary/aromatic N) is 3. The van der Waals surface area contributed by atoms with Gasteiger partial charge in [-0.2, -0.15) is 0 Å². The van der Waals surface area contributed by atoms with E-state index in [0.717, 1.165) is 18.5 Å². The van der Waals surface area contributed by atoms with Gasteiger partial charge in [0.25, 0.3) is 5.91 Å². The molecule has 1 heterocycles. The molecule has 0 fully saturated rings. The van der Waals surface area contributed by atoms with Crippen molar-refractivity contribution in [2.24, 2.45) is 0 Å². The van der Waals surface area contributed by atoms with E-state index < -0.39 is 0 Å². The Labute approximate surface area is 81.7 Å². The van der Waals surface area contributed by atoms with Crippen molar-refractivity contribution < 1.29 is 4.79 Å². The van der Waals surface area contributed by atoms with Gasteiger partial charge in [-0.15, -0.1) is 5.10 Å². The number of hydrogen-bond acceptors (Lipinski definition) is 4. The van der Waals surface area contributed by atoms with E-state index in [0.29, 0.717) is 4.88 Å². The number of carbonyl (C=O) groups is 1. The molecule has 13 heavy (non-hydrogen) atoms. The Morgan fingerprint density at radius 3 is 2.77 bits per heavy atom. The van der Waals surface area contributed by atoms with Crippen LogP contribution in [0.4, 0.5) is 0 Å². The molecular formula is C8H13N3OS. The molecule has 0 bridgehead atoms. The van der Waals surface area contributed by atoms with E-state index in [2.05, 4.69) is 16.5 Å². The Kier molecular flexibility index (Phi) is 3.36. The summed E-state index contributed by atoms with van der Waals surface area (Å²) in [4.78, 5) is 13.8. The number of carbonyl (C=O) groups excluding carboxylic acids is 1. The summed E-state index contributed by atoms with van der Waals surface area (Å²) in [6, 6.07) is 0. The number of aryl methyl sites for hydroxylation is 1. The molecule has 1 amide bonds. The van der Waals surface area contributed by atoms with Gasteiger partial charge >= 0.3 is 0 Å². The summed E-state index contributed by atoms with van der Waals surface area (Å²) in [5.41, 5.74) is 0.825. The fraction of sp³-hybridized carbons (Fsp3) is 0.625. The van der Waals surface area contributed by atoms with Gasteiger partial charge in [-0.05, 0) is 18.0 Å². The van der Waals surface area contributed by atoms with Crippen LogP contribution >= 0.6 is 11.5 Å². The molecule has 0 radical (unpaired) electrons. The summed E-state index contributed by atoms with van der Waals surface area (Å²) in [7, 11) is 3.47. The summed E-state index contributed by atoms with van der Waals surface area (Å²) in [6.45, 7) is 2.06. The van der Waals surface area contributed by atoms with Crippen LogP contribution in [0.25, 0.3) is 0 Å². The first-order valence-corrected chi connectivity index (χ1v) is 4.97. The van der Waals surface area contributed by atoms with Crippen LogP contribution in [0.15, 0.2) is 0 Å². The summed E-state index contributed by atoms with van der Waals surface area (Å²) >= 11 is 1.17. The molecule has 0 aliphatic carbocycles. The molecule has 0 aromatic carbocycles. The Morgan fingerprint density at radius 2 is 2.23 bits per heavy atom. The van der Waals surface area contributed by atoms with Crippen LogP contribution in [-0.4, -0.2) is 34.5 Å². The molecule has 4 nitrogen and oxygen atoms in total. The van der Waals surface area contributed by atoms with Gasteiger partial charge in [0.1, 0.15) is 4.88 Å². The van der Waals surface area contributed by atoms with Gasteiger partial charge in [-0.1, -0.05) is 17.8 Å². The minimum atomic E-state index is -0.00144. The summed E-state index contributed by atoms with van der Waals surface area (Å²) in [5.74, 6) is -0.00144. The van der Waals surface area contributed by atoms with E-state index >= 15 is 0 Å². The van der Waals surface area contributed by atoms with Crippen LogP contribution in [0.2, 0.25) is 0 Å². The summed E-state index contributed by atoms with van der Waals surface area (Å²) in [5, 5.41) is 3.93. The van der Waals surface area contributed by atoms with Crippen LogP contribution in [-0.2, 0) is 6.42 Å². The second kappa shape index (κ2) is 4.32. The second-order valence-corrected chi connectivity index (χ2v) is 3.75. The van der Waals surface area contributed by atoms with Crippen LogP contribution in [0.1, 0.15) is 28.7 Å². The lowest BCUT2D eigenvalue weighted by Crippen LogP contribution is -2.21. The average molecular weight is 199 g/mol. The predicted molar refractivity (Wildman–Crippen MR) is 51.9 cm³/mol. The topological polar surface area (TPSA) is 46.1 Å². The highest BCUT2D eigenvalue weighted by atomic mass is 32.1. The minimum absolute atomic E-state index is 0.00144. The van der Waals surface area contributed by atoms with Gasteiger partial charge in [-0.25, -0.2) is 0 Å². The maximum Gasteiger partial charge on any atom is 0.267 e. The molecule has 0 N–H and O–H groups in total. The maximum absolute atomic E-state index is 11.6. The lowest BCUT2D eigenvalue weighted by Gasteiger charge is -2.08. The SMILES string of the molecule is CCCc1nnsc1C(=O)N(C)C. The number of hydrogen-bond donors (Lipinski definition) is 0. The van der Waals surface area contributed by atoms with Crippen molar-refractivity contribution in [3.63, 3.8) is 0 Å². The van der Waals surface area contributed by atoms with Crippen molar-refractivity contribution >= 4 is 17.4 Å². The van der Waals surface area contributed by atoms with Crippen LogP contribution < -0.4 is 0 Å². The monoisotopic (exact) mass is 199 g/mol. The van der Waals surface area contributed by atoms with Gasteiger partial charge in [0, 0.05) is 14.1 Å². The van der Waals surface area contributed by atoms with E-state index in [4.69, 9.17) is 0 Å². The third kappa shape index (κ3) is 2.24. The van der Waals surface area contributed by atoms with E-state index in [1.165, 1.54) is 11.5 Å². The fourth-order valence-corrected chi connectivity index (χ4v) is 1.70. The van der Waals surface area contributed by atoms with Crippen LogP contribution in [0.5, 0.6) is 0 Å². The molecule has 0 aliphatic heterocycles. The zero-order chi connectivity index (χ0) is 9.84. The molecular weight excluding hydrogens is 186 g/mol. The highest BCUT2D eigenvalue weighted by Gasteiger charge is 2.16. The third-order valence-electron chi connectivity index (χ3n) is 1.64. The van der Waals surface area contributed by atoms with Gasteiger partial charge < -0.3 is 4.90 Å². The molecule has 0 spiro atoms. The Morgan fingerprint density at radius 1 is 1.54 bits per heavy atom. The Bertz CT molecular complexity index is 295. The fourth-order valence-electron chi connectivity index (χ4n) is 0.975. The quantitative estimate of drug-likeness (QED) is 0.734. The summed E-state index contributed by atoms with van der Waals surface area (Å²) in [6.07, 6.45) is 1.81. The van der Waals surface area contributed by atoms with Crippen molar-refractivity contribution in [2.75, 3.05) is 14.1 Å². The largest absolute Gasteiger partial charge is 0.344 e. The molecule has 0 atom stereocenters. The van der Waals surface area contributed by atoms with Crippen LogP contribution in [0.3, 0.4) is 0 Å². The normalized spacial score (nSPS) is 10.1. The van der Waals surface area contributed by atoms with Gasteiger partial charge in [0.2, 0.25) is 0 Å². The lowest BCUT2D eigenvalue weighted by atomic mass is 10.2. The standard InChI is InChI=1S/C8H13N3OS/c1-4-5-6-7(13-10-9-6)8(12)11(2)3/h4-5H2,1-3H3. The Balaban J connectivity index is 2.87. The molecule has 72 valence electrons. The van der Waals surface area contributed by atoms with E-state index in [-0.39, 0.29) is 5.91 Å². The molecule has 1 aromatic heterocycles. The van der Waals surface area contributed by atoms with Crippen LogP contribution in [0, 0.1) is 0 Å². The van der Waals surface area contributed by atoms with Crippen molar-refractivity contribution in [3.05, 3.63) is 10.6 Å². The molecule has 0 saturated heterocycles. The first-order chi connectivity index (χ1) is 6.16. The van der Waals surface area contributed by atoms with Gasteiger partial charge in [0.05, 0.1) is 5.69 Å². The smallest absolute Gasteiger partial charge is 0.267 e. The van der Waals surface area contributed by atoms with Gasteiger partial charge in [0.15, 0.2) is 0 Å². The van der Waals surface area contributed by atoms with Gasteiger partial charge in [-0.3, -0.25) is 4.79 Å². The van der Waals surface area contributed by atoms with Crippen molar-refractivity contribution in [3.8, 4) is 0 Å². The lowest BCUT2D eigenvalue weighted by molar-refractivity contribution is 0.0831. The first-order valence-electron chi connectivity index (χ1n) is 4.19. The number of aromatic nitrogens is 2. The zero-order valence-electron chi connectivity index (χ0n) is 8.07. The number of amides is 1. The highest BCUT2D eigenvalue weighted by molar-refractivity contribution is 7.07. The predicted octanol–water partition coefficient (Wildman–Crippen LogP) is 1.19. The molecule has 1 rings (SSSR count). The highest BCUT2D eigenvalue weighted by Crippen LogP contribution is 2.13. The van der Waals surface area contributed by atoms with Crippen molar-refractivity contribution in [2.45, 2.75) is 19.8 Å². The number of rotatable bonds is 3. The summed E-state index contributed by atoms with van der Waals surface area (Å²) < 4.78 is 3.79. The third-order valence-corrected chi connectivity index (χ3v) is 2.40. The molecule has 0 saturated carbocycles. The second-order valence-electron chi connectivity index (χ2n) is 3.00. The maximum atomic E-state index is 11.6. The van der Waals surface area contributed by atoms with E-state index in [1.807, 2.05) is 0 Å². The zero-order valence-corrected chi connectivity index (χ0v) is 8.89. The molecule has 1 aromatic rings. The Hall–Kier alpha value is -0.970. The first kappa shape index (κ1) is 10.1. The van der Waals surface area contributed by atoms with E-state index in [1.54, 1.807) is 19.0 Å². The van der Waals surface area contributed by atoms with Crippen molar-refractivity contribution in [1.29, 1.82) is 0 Å². The average Bonchev–Trinajstić information content (AvgIpc) is 2.52. The minimum Gasteiger partial charge on any atom is -0.344 e. The van der Waals surface area contributed by atoms with Crippen molar-refractivity contribution in [1.82, 2.24) is 14.5 Å². The van der Waals surface area contributed by atoms with E-state index in [9.17, 15) is 4.79 Å². The molecule has 5 heteroatoms. The molecule has 0 aliphatic rings.